The highest BCUT2D eigenvalue weighted by Gasteiger charge is 2.14. The standard InChI is InChI=1S/C22H29F3N4O2.HI/c1-28(16-17-14-19(23)21(25)20(24)15-17)22(27-7-5-18-4-2-11-31-18)26-6-3-8-29-9-12-30-13-10-29;/h2,4,11,14-15H,3,5-10,12-13,16H2,1H3,(H,26,27);1H. The van der Waals surface area contributed by atoms with Crippen LogP contribution in [0.1, 0.15) is 17.7 Å². The lowest BCUT2D eigenvalue weighted by molar-refractivity contribution is 0.0377. The average Bonchev–Trinajstić information content (AvgIpc) is 3.28. The van der Waals surface area contributed by atoms with Crippen molar-refractivity contribution in [2.75, 3.05) is 53.0 Å². The number of furan rings is 1. The smallest absolute Gasteiger partial charge is 0.194 e. The summed E-state index contributed by atoms with van der Waals surface area (Å²) in [6.07, 6.45) is 3.18. The van der Waals surface area contributed by atoms with Crippen molar-refractivity contribution in [2.24, 2.45) is 4.99 Å². The summed E-state index contributed by atoms with van der Waals surface area (Å²) >= 11 is 0. The number of guanidine groups is 1. The van der Waals surface area contributed by atoms with E-state index in [2.05, 4.69) is 15.2 Å². The molecule has 10 heteroatoms. The molecule has 3 rings (SSSR count). The van der Waals surface area contributed by atoms with Gasteiger partial charge in [-0.3, -0.25) is 9.89 Å². The first kappa shape index (κ1) is 26.5. The summed E-state index contributed by atoms with van der Waals surface area (Å²) in [5.41, 5.74) is 0.327. The topological polar surface area (TPSA) is 53.2 Å². The third kappa shape index (κ3) is 8.28. The number of morpholine rings is 1. The second kappa shape index (κ2) is 13.7. The number of aliphatic imine (C=N–C) groups is 1. The summed E-state index contributed by atoms with van der Waals surface area (Å²) in [5, 5.41) is 3.28. The molecule has 1 aromatic carbocycles. The Morgan fingerprint density at radius 1 is 1.19 bits per heavy atom. The van der Waals surface area contributed by atoms with Gasteiger partial charge in [0.15, 0.2) is 23.4 Å². The zero-order valence-electron chi connectivity index (χ0n) is 18.2. The van der Waals surface area contributed by atoms with E-state index in [9.17, 15) is 13.2 Å². The molecule has 2 heterocycles. The first-order chi connectivity index (χ1) is 15.0. The molecule has 1 fully saturated rings. The molecule has 1 N–H and O–H groups in total. The fraction of sp³-hybridized carbons (Fsp3) is 0.500. The molecule has 1 aliphatic heterocycles. The lowest BCUT2D eigenvalue weighted by Gasteiger charge is -2.26. The maximum atomic E-state index is 13.6. The van der Waals surface area contributed by atoms with Crippen LogP contribution in [-0.2, 0) is 17.7 Å². The Labute approximate surface area is 203 Å². The number of hydrogen-bond donors (Lipinski definition) is 1. The number of rotatable bonds is 9. The van der Waals surface area contributed by atoms with E-state index < -0.39 is 17.5 Å². The molecule has 0 bridgehead atoms. The third-order valence-corrected chi connectivity index (χ3v) is 5.06. The van der Waals surface area contributed by atoms with Crippen LogP contribution >= 0.6 is 24.0 Å². The molecule has 0 spiro atoms. The second-order valence-corrected chi connectivity index (χ2v) is 7.50. The van der Waals surface area contributed by atoms with Gasteiger partial charge in [-0.25, -0.2) is 13.2 Å². The highest BCUT2D eigenvalue weighted by Crippen LogP contribution is 2.15. The monoisotopic (exact) mass is 566 g/mol. The third-order valence-electron chi connectivity index (χ3n) is 5.06. The summed E-state index contributed by atoms with van der Waals surface area (Å²) in [7, 11) is 1.78. The fourth-order valence-electron chi connectivity index (χ4n) is 3.42. The molecular weight excluding hydrogens is 536 g/mol. The number of hydrogen-bond acceptors (Lipinski definition) is 4. The lowest BCUT2D eigenvalue weighted by Crippen LogP contribution is -2.40. The van der Waals surface area contributed by atoms with E-state index in [1.807, 2.05) is 12.1 Å². The lowest BCUT2D eigenvalue weighted by atomic mass is 10.2. The van der Waals surface area contributed by atoms with Gasteiger partial charge in [0.25, 0.3) is 0 Å². The van der Waals surface area contributed by atoms with Gasteiger partial charge in [0, 0.05) is 52.7 Å². The molecule has 1 saturated heterocycles. The van der Waals surface area contributed by atoms with Gasteiger partial charge in [0.05, 0.1) is 19.5 Å². The van der Waals surface area contributed by atoms with Gasteiger partial charge in [-0.2, -0.15) is 0 Å². The van der Waals surface area contributed by atoms with E-state index in [0.29, 0.717) is 31.0 Å². The van der Waals surface area contributed by atoms with Crippen molar-refractivity contribution in [1.82, 2.24) is 15.1 Å². The van der Waals surface area contributed by atoms with Crippen LogP contribution in [0, 0.1) is 17.5 Å². The summed E-state index contributed by atoms with van der Waals surface area (Å²) in [4.78, 5) is 8.78. The number of nitrogens with zero attached hydrogens (tertiary/aromatic N) is 3. The quantitative estimate of drug-likeness (QED) is 0.165. The fourth-order valence-corrected chi connectivity index (χ4v) is 3.42. The number of benzene rings is 1. The number of halogens is 4. The highest BCUT2D eigenvalue weighted by atomic mass is 127. The molecule has 178 valence electrons. The first-order valence-electron chi connectivity index (χ1n) is 10.5. The zero-order chi connectivity index (χ0) is 22.1. The molecule has 0 radical (unpaired) electrons. The van der Waals surface area contributed by atoms with Crippen molar-refractivity contribution in [3.63, 3.8) is 0 Å². The Bertz CT molecular complexity index is 823. The van der Waals surface area contributed by atoms with Crippen molar-refractivity contribution in [1.29, 1.82) is 0 Å². The van der Waals surface area contributed by atoms with E-state index in [4.69, 9.17) is 9.15 Å². The summed E-state index contributed by atoms with van der Waals surface area (Å²) in [5.74, 6) is -2.39. The molecule has 6 nitrogen and oxygen atoms in total. The summed E-state index contributed by atoms with van der Waals surface area (Å²) in [6, 6.07) is 5.75. The minimum Gasteiger partial charge on any atom is -0.469 e. The van der Waals surface area contributed by atoms with Crippen LogP contribution in [0.15, 0.2) is 39.9 Å². The van der Waals surface area contributed by atoms with Crippen molar-refractivity contribution in [3.8, 4) is 0 Å². The van der Waals surface area contributed by atoms with E-state index >= 15 is 0 Å². The summed E-state index contributed by atoms with van der Waals surface area (Å²) in [6.45, 7) is 5.70. The normalized spacial score (nSPS) is 14.8. The van der Waals surface area contributed by atoms with Gasteiger partial charge < -0.3 is 19.4 Å². The summed E-state index contributed by atoms with van der Waals surface area (Å²) < 4.78 is 51.1. The molecule has 0 amide bonds. The van der Waals surface area contributed by atoms with E-state index in [-0.39, 0.29) is 30.5 Å². The Balaban J connectivity index is 0.00000363. The number of nitrogens with one attached hydrogen (secondary N) is 1. The van der Waals surface area contributed by atoms with E-state index in [1.165, 1.54) is 0 Å². The molecule has 0 unspecified atom stereocenters. The van der Waals surface area contributed by atoms with Crippen LogP contribution in [0.2, 0.25) is 0 Å². The molecule has 0 atom stereocenters. The maximum Gasteiger partial charge on any atom is 0.194 e. The van der Waals surface area contributed by atoms with E-state index in [1.54, 1.807) is 18.2 Å². The van der Waals surface area contributed by atoms with Gasteiger partial charge in [-0.1, -0.05) is 0 Å². The van der Waals surface area contributed by atoms with Crippen LogP contribution < -0.4 is 5.32 Å². The van der Waals surface area contributed by atoms with Crippen molar-refractivity contribution in [3.05, 3.63) is 59.3 Å². The molecule has 1 aromatic heterocycles. The van der Waals surface area contributed by atoms with Crippen LogP contribution in [0.5, 0.6) is 0 Å². The average molecular weight is 566 g/mol. The largest absolute Gasteiger partial charge is 0.469 e. The zero-order valence-corrected chi connectivity index (χ0v) is 20.5. The molecular formula is C22H30F3IN4O2. The van der Waals surface area contributed by atoms with Crippen LogP contribution in [0.4, 0.5) is 13.2 Å². The first-order valence-corrected chi connectivity index (χ1v) is 10.5. The molecule has 0 aliphatic carbocycles. The minimum atomic E-state index is -1.46. The van der Waals surface area contributed by atoms with Gasteiger partial charge in [0.1, 0.15) is 5.76 Å². The van der Waals surface area contributed by atoms with Crippen LogP contribution in [-0.4, -0.2) is 68.7 Å². The maximum absolute atomic E-state index is 13.6. The predicted octanol–water partition coefficient (Wildman–Crippen LogP) is 3.66. The van der Waals surface area contributed by atoms with Gasteiger partial charge >= 0.3 is 0 Å². The SMILES string of the molecule is CN(Cc1cc(F)c(F)c(F)c1)C(=NCCCN1CCOCC1)NCCc1ccco1.I. The van der Waals surface area contributed by atoms with Crippen molar-refractivity contribution >= 4 is 29.9 Å². The van der Waals surface area contributed by atoms with Crippen molar-refractivity contribution < 1.29 is 22.3 Å². The Kier molecular flexibility index (Phi) is 11.3. The second-order valence-electron chi connectivity index (χ2n) is 7.50. The van der Waals surface area contributed by atoms with E-state index in [0.717, 1.165) is 57.2 Å². The van der Waals surface area contributed by atoms with Gasteiger partial charge in [0.2, 0.25) is 0 Å². The number of ether oxygens (including phenoxy) is 1. The molecule has 2 aromatic rings. The van der Waals surface area contributed by atoms with Crippen molar-refractivity contribution in [2.45, 2.75) is 19.4 Å². The molecule has 32 heavy (non-hydrogen) atoms. The molecule has 1 aliphatic rings. The highest BCUT2D eigenvalue weighted by molar-refractivity contribution is 14.0. The van der Waals surface area contributed by atoms with Gasteiger partial charge in [-0.05, 0) is 36.2 Å². The van der Waals surface area contributed by atoms with Crippen LogP contribution in [0.3, 0.4) is 0 Å². The predicted molar refractivity (Wildman–Crippen MR) is 128 cm³/mol. The van der Waals surface area contributed by atoms with Crippen LogP contribution in [0.25, 0.3) is 0 Å². The molecule has 0 saturated carbocycles. The Morgan fingerprint density at radius 2 is 1.91 bits per heavy atom. The van der Waals surface area contributed by atoms with Gasteiger partial charge in [-0.15, -0.1) is 24.0 Å². The Hall–Kier alpha value is -1.79. The Morgan fingerprint density at radius 3 is 2.56 bits per heavy atom. The minimum absolute atomic E-state index is 0.